The summed E-state index contributed by atoms with van der Waals surface area (Å²) in [5.74, 6) is 2.93. The molecule has 0 saturated heterocycles. The van der Waals surface area contributed by atoms with Gasteiger partial charge in [0.25, 0.3) is 0 Å². The molecule has 0 amide bonds. The van der Waals surface area contributed by atoms with Crippen LogP contribution < -0.4 is 5.32 Å². The third kappa shape index (κ3) is 3.10. The number of thioether (sulfide) groups is 1. The monoisotopic (exact) mass is 261 g/mol. The number of hydrogen-bond donors (Lipinski definition) is 1. The van der Waals surface area contributed by atoms with Crippen molar-refractivity contribution in [3.05, 3.63) is 29.8 Å². The second kappa shape index (κ2) is 5.66. The predicted molar refractivity (Wildman–Crippen MR) is 79.3 cm³/mol. The standard InChI is InChI=1S/C16H23NS/c1-12(8-9-17-14-6-7-14)10-13-11-18-16-5-3-2-4-15(13)16/h2-5,12-14,17H,6-11H2,1H3. The van der Waals surface area contributed by atoms with Gasteiger partial charge in [-0.1, -0.05) is 25.1 Å². The van der Waals surface area contributed by atoms with E-state index in [9.17, 15) is 0 Å². The summed E-state index contributed by atoms with van der Waals surface area (Å²) in [6.07, 6.45) is 5.50. The third-order valence-corrected chi connectivity index (χ3v) is 5.39. The van der Waals surface area contributed by atoms with Crippen LogP contribution in [-0.4, -0.2) is 18.3 Å². The summed E-state index contributed by atoms with van der Waals surface area (Å²) < 4.78 is 0. The number of hydrogen-bond acceptors (Lipinski definition) is 2. The van der Waals surface area contributed by atoms with Crippen LogP contribution in [0.25, 0.3) is 0 Å². The molecule has 0 bridgehead atoms. The molecule has 0 radical (unpaired) electrons. The first-order valence-corrected chi connectivity index (χ1v) is 8.26. The highest BCUT2D eigenvalue weighted by Crippen LogP contribution is 2.42. The summed E-state index contributed by atoms with van der Waals surface area (Å²) in [5, 5.41) is 3.63. The summed E-state index contributed by atoms with van der Waals surface area (Å²) in [5.41, 5.74) is 1.60. The van der Waals surface area contributed by atoms with Crippen molar-refractivity contribution in [3.8, 4) is 0 Å². The Bertz CT molecular complexity index is 400. The maximum absolute atomic E-state index is 3.63. The van der Waals surface area contributed by atoms with Crippen LogP contribution in [0.15, 0.2) is 29.2 Å². The molecule has 0 aromatic heterocycles. The molecule has 2 atom stereocenters. The van der Waals surface area contributed by atoms with Gasteiger partial charge in [0.15, 0.2) is 0 Å². The normalized spacial score (nSPS) is 23.9. The Labute approximate surface area is 115 Å². The van der Waals surface area contributed by atoms with Crippen LogP contribution in [-0.2, 0) is 0 Å². The van der Waals surface area contributed by atoms with Gasteiger partial charge in [0.05, 0.1) is 0 Å². The second-order valence-electron chi connectivity index (χ2n) is 5.90. The molecular formula is C16H23NS. The summed E-state index contributed by atoms with van der Waals surface area (Å²) in [6.45, 7) is 3.63. The van der Waals surface area contributed by atoms with Crippen LogP contribution in [0.3, 0.4) is 0 Å². The van der Waals surface area contributed by atoms with Crippen LogP contribution in [0.5, 0.6) is 0 Å². The first kappa shape index (κ1) is 12.6. The lowest BCUT2D eigenvalue weighted by molar-refractivity contribution is 0.441. The number of rotatable bonds is 6. The minimum absolute atomic E-state index is 0.794. The van der Waals surface area contributed by atoms with Crippen LogP contribution >= 0.6 is 11.8 Å². The molecule has 3 rings (SSSR count). The number of benzene rings is 1. The molecule has 98 valence electrons. The fraction of sp³-hybridized carbons (Fsp3) is 0.625. The molecule has 2 aliphatic rings. The Morgan fingerprint density at radius 2 is 2.17 bits per heavy atom. The average molecular weight is 261 g/mol. The van der Waals surface area contributed by atoms with E-state index in [-0.39, 0.29) is 0 Å². The molecule has 1 nitrogen and oxygen atoms in total. The van der Waals surface area contributed by atoms with Crippen molar-refractivity contribution in [1.29, 1.82) is 0 Å². The largest absolute Gasteiger partial charge is 0.314 e. The highest BCUT2D eigenvalue weighted by molar-refractivity contribution is 7.99. The van der Waals surface area contributed by atoms with E-state index in [4.69, 9.17) is 0 Å². The fourth-order valence-electron chi connectivity index (χ4n) is 2.85. The van der Waals surface area contributed by atoms with Crippen LogP contribution in [0.1, 0.15) is 44.1 Å². The first-order valence-electron chi connectivity index (χ1n) is 7.28. The van der Waals surface area contributed by atoms with E-state index in [1.54, 1.807) is 5.56 Å². The zero-order valence-corrected chi connectivity index (χ0v) is 12.0. The van der Waals surface area contributed by atoms with E-state index in [2.05, 4.69) is 36.5 Å². The lowest BCUT2D eigenvalue weighted by Gasteiger charge is -2.17. The highest BCUT2D eigenvalue weighted by atomic mass is 32.2. The van der Waals surface area contributed by atoms with Gasteiger partial charge >= 0.3 is 0 Å². The minimum Gasteiger partial charge on any atom is -0.314 e. The average Bonchev–Trinajstić information content (AvgIpc) is 3.11. The van der Waals surface area contributed by atoms with E-state index in [0.717, 1.165) is 17.9 Å². The molecule has 1 N–H and O–H groups in total. The van der Waals surface area contributed by atoms with E-state index >= 15 is 0 Å². The second-order valence-corrected chi connectivity index (χ2v) is 6.97. The molecule has 0 spiro atoms. The van der Waals surface area contributed by atoms with Crippen molar-refractivity contribution in [3.63, 3.8) is 0 Å². The predicted octanol–water partition coefficient (Wildman–Crippen LogP) is 4.04. The molecule has 1 aliphatic carbocycles. The molecule has 2 unspecified atom stereocenters. The van der Waals surface area contributed by atoms with E-state index in [0.29, 0.717) is 0 Å². The molecule has 18 heavy (non-hydrogen) atoms. The molecule has 2 heteroatoms. The zero-order valence-electron chi connectivity index (χ0n) is 11.2. The third-order valence-electron chi connectivity index (χ3n) is 4.13. The van der Waals surface area contributed by atoms with Gasteiger partial charge in [0.1, 0.15) is 0 Å². The van der Waals surface area contributed by atoms with Crippen molar-refractivity contribution in [1.82, 2.24) is 5.32 Å². The molecule has 1 heterocycles. The van der Waals surface area contributed by atoms with Crippen molar-refractivity contribution in [2.45, 2.75) is 49.5 Å². The summed E-state index contributed by atoms with van der Waals surface area (Å²) in [6, 6.07) is 9.82. The van der Waals surface area contributed by atoms with Gasteiger partial charge in [-0.15, -0.1) is 11.8 Å². The number of nitrogens with one attached hydrogen (secondary N) is 1. The fourth-order valence-corrected chi connectivity index (χ4v) is 4.12. The minimum atomic E-state index is 0.794. The quantitative estimate of drug-likeness (QED) is 0.829. The summed E-state index contributed by atoms with van der Waals surface area (Å²) in [7, 11) is 0. The van der Waals surface area contributed by atoms with Gasteiger partial charge < -0.3 is 5.32 Å². The Hall–Kier alpha value is -0.470. The number of fused-ring (bicyclic) bond motifs is 1. The summed E-state index contributed by atoms with van der Waals surface area (Å²) >= 11 is 2.04. The van der Waals surface area contributed by atoms with Gasteiger partial charge in [-0.3, -0.25) is 0 Å². The van der Waals surface area contributed by atoms with Gasteiger partial charge in [0, 0.05) is 16.7 Å². The van der Waals surface area contributed by atoms with Crippen molar-refractivity contribution >= 4 is 11.8 Å². The van der Waals surface area contributed by atoms with Crippen LogP contribution in [0.2, 0.25) is 0 Å². The van der Waals surface area contributed by atoms with E-state index < -0.39 is 0 Å². The maximum atomic E-state index is 3.63. The Balaban J connectivity index is 1.47. The van der Waals surface area contributed by atoms with E-state index in [1.165, 1.54) is 42.9 Å². The molecule has 1 aliphatic heterocycles. The Kier molecular flexibility index (Phi) is 3.95. The van der Waals surface area contributed by atoms with Crippen molar-refractivity contribution < 1.29 is 0 Å². The molecule has 1 aromatic carbocycles. The smallest absolute Gasteiger partial charge is 0.0107 e. The van der Waals surface area contributed by atoms with Gasteiger partial charge in [-0.2, -0.15) is 0 Å². The topological polar surface area (TPSA) is 12.0 Å². The Morgan fingerprint density at radius 3 is 3.00 bits per heavy atom. The first-order chi connectivity index (χ1) is 8.83. The summed E-state index contributed by atoms with van der Waals surface area (Å²) in [4.78, 5) is 1.52. The molecular weight excluding hydrogens is 238 g/mol. The Morgan fingerprint density at radius 1 is 1.33 bits per heavy atom. The lowest BCUT2D eigenvalue weighted by atomic mass is 9.89. The maximum Gasteiger partial charge on any atom is 0.0107 e. The van der Waals surface area contributed by atoms with Crippen LogP contribution in [0.4, 0.5) is 0 Å². The van der Waals surface area contributed by atoms with Crippen molar-refractivity contribution in [2.24, 2.45) is 5.92 Å². The van der Waals surface area contributed by atoms with E-state index in [1.807, 2.05) is 11.8 Å². The zero-order chi connectivity index (χ0) is 12.4. The molecule has 1 saturated carbocycles. The van der Waals surface area contributed by atoms with Gasteiger partial charge in [-0.05, 0) is 55.7 Å². The van der Waals surface area contributed by atoms with Crippen molar-refractivity contribution in [2.75, 3.05) is 12.3 Å². The SMILES string of the molecule is CC(CCNC1CC1)CC1CSc2ccccc21. The van der Waals surface area contributed by atoms with Gasteiger partial charge in [0.2, 0.25) is 0 Å². The highest BCUT2D eigenvalue weighted by Gasteiger charge is 2.24. The van der Waals surface area contributed by atoms with Crippen LogP contribution in [0, 0.1) is 5.92 Å². The lowest BCUT2D eigenvalue weighted by Crippen LogP contribution is -2.20. The molecule has 1 aromatic rings. The molecule has 1 fully saturated rings. The van der Waals surface area contributed by atoms with Gasteiger partial charge in [-0.25, -0.2) is 0 Å².